The molecule has 146 valence electrons. The van der Waals surface area contributed by atoms with Gasteiger partial charge < -0.3 is 10.1 Å². The number of ether oxygens (including phenoxy) is 1. The molecule has 0 aromatic heterocycles. The number of imide groups is 1. The van der Waals surface area contributed by atoms with Crippen molar-refractivity contribution in [1.29, 1.82) is 0 Å². The highest BCUT2D eigenvalue weighted by atomic mass is 16.5. The monoisotopic (exact) mass is 378 g/mol. The second-order valence-corrected chi connectivity index (χ2v) is 7.30. The number of benzene rings is 2. The van der Waals surface area contributed by atoms with E-state index < -0.39 is 0 Å². The Morgan fingerprint density at radius 3 is 2.21 bits per heavy atom. The zero-order valence-corrected chi connectivity index (χ0v) is 16.8. The van der Waals surface area contributed by atoms with Crippen molar-refractivity contribution in [3.8, 4) is 0 Å². The molecule has 28 heavy (non-hydrogen) atoms. The molecule has 0 saturated heterocycles. The van der Waals surface area contributed by atoms with E-state index in [1.54, 1.807) is 0 Å². The second-order valence-electron chi connectivity index (χ2n) is 7.30. The zero-order chi connectivity index (χ0) is 20.3. The number of hydrogen-bond acceptors (Lipinski definition) is 4. The van der Waals surface area contributed by atoms with Crippen molar-refractivity contribution in [2.75, 3.05) is 18.5 Å². The normalized spacial score (nSPS) is 14.4. The van der Waals surface area contributed by atoms with Crippen LogP contribution >= 0.6 is 0 Å². The Hall–Kier alpha value is -2.92. The van der Waals surface area contributed by atoms with Crippen molar-refractivity contribution < 1.29 is 14.3 Å². The Balaban J connectivity index is 1.96. The quantitative estimate of drug-likeness (QED) is 0.742. The van der Waals surface area contributed by atoms with Crippen molar-refractivity contribution >= 4 is 23.1 Å². The molecule has 3 rings (SSSR count). The van der Waals surface area contributed by atoms with Crippen LogP contribution in [0.4, 0.5) is 5.69 Å². The summed E-state index contributed by atoms with van der Waals surface area (Å²) >= 11 is 0. The fraction of sp³-hybridized carbons (Fsp3) is 0.304. The summed E-state index contributed by atoms with van der Waals surface area (Å²) < 4.78 is 5.54. The molecule has 1 aliphatic rings. The number of rotatable bonds is 7. The van der Waals surface area contributed by atoms with Gasteiger partial charge in [0.15, 0.2) is 0 Å². The number of nitrogens with zero attached hydrogens (tertiary/aromatic N) is 1. The lowest BCUT2D eigenvalue weighted by atomic mass is 10.0. The molecular formula is C23H26N2O3. The van der Waals surface area contributed by atoms with Crippen molar-refractivity contribution in [1.82, 2.24) is 4.90 Å². The van der Waals surface area contributed by atoms with Crippen LogP contribution in [0.2, 0.25) is 0 Å². The van der Waals surface area contributed by atoms with Crippen LogP contribution in [0, 0.1) is 13.8 Å². The molecule has 1 heterocycles. The van der Waals surface area contributed by atoms with E-state index in [0.717, 1.165) is 22.4 Å². The Morgan fingerprint density at radius 2 is 1.61 bits per heavy atom. The lowest BCUT2D eigenvalue weighted by molar-refractivity contribution is -0.137. The highest BCUT2D eigenvalue weighted by molar-refractivity contribution is 6.36. The molecule has 2 aromatic carbocycles. The Kier molecular flexibility index (Phi) is 5.95. The Morgan fingerprint density at radius 1 is 0.964 bits per heavy atom. The van der Waals surface area contributed by atoms with Crippen LogP contribution in [0.25, 0.3) is 5.57 Å². The highest BCUT2D eigenvalue weighted by Gasteiger charge is 2.39. The zero-order valence-electron chi connectivity index (χ0n) is 16.8. The first-order valence-electron chi connectivity index (χ1n) is 9.49. The minimum absolute atomic E-state index is 0.0437. The molecule has 0 radical (unpaired) electrons. The van der Waals surface area contributed by atoms with Gasteiger partial charge in [0.2, 0.25) is 0 Å². The molecule has 0 bridgehead atoms. The van der Waals surface area contributed by atoms with E-state index in [2.05, 4.69) is 11.4 Å². The van der Waals surface area contributed by atoms with Gasteiger partial charge in [0.1, 0.15) is 5.70 Å². The van der Waals surface area contributed by atoms with E-state index in [9.17, 15) is 9.59 Å². The van der Waals surface area contributed by atoms with E-state index in [0.29, 0.717) is 17.9 Å². The summed E-state index contributed by atoms with van der Waals surface area (Å²) in [6.45, 7) is 8.39. The number of anilines is 1. The van der Waals surface area contributed by atoms with Gasteiger partial charge in [-0.05, 0) is 56.5 Å². The van der Waals surface area contributed by atoms with Crippen LogP contribution < -0.4 is 5.32 Å². The number of carbonyl (C=O) groups is 2. The summed E-state index contributed by atoms with van der Waals surface area (Å²) in [6, 6.07) is 15.3. The van der Waals surface area contributed by atoms with Crippen LogP contribution in [0.1, 0.15) is 30.5 Å². The van der Waals surface area contributed by atoms with E-state index in [1.165, 1.54) is 4.90 Å². The van der Waals surface area contributed by atoms with Crippen LogP contribution in [-0.2, 0) is 14.3 Å². The molecule has 0 unspecified atom stereocenters. The fourth-order valence-electron chi connectivity index (χ4n) is 3.34. The third-order valence-corrected chi connectivity index (χ3v) is 4.49. The molecule has 1 aliphatic heterocycles. The molecule has 5 heteroatoms. The molecule has 2 aromatic rings. The van der Waals surface area contributed by atoms with Gasteiger partial charge in [-0.2, -0.15) is 0 Å². The lowest BCUT2D eigenvalue weighted by Gasteiger charge is -2.16. The number of hydrogen-bond donors (Lipinski definition) is 1. The minimum Gasteiger partial charge on any atom is -0.377 e. The summed E-state index contributed by atoms with van der Waals surface area (Å²) in [7, 11) is 0. The molecule has 2 amide bonds. The summed E-state index contributed by atoms with van der Waals surface area (Å²) in [5, 5.41) is 3.21. The summed E-state index contributed by atoms with van der Waals surface area (Å²) in [6.07, 6.45) is 0.0437. The van der Waals surface area contributed by atoms with E-state index in [1.807, 2.05) is 70.2 Å². The first-order valence-corrected chi connectivity index (χ1v) is 9.49. The summed E-state index contributed by atoms with van der Waals surface area (Å²) in [5.41, 5.74) is 4.40. The first-order chi connectivity index (χ1) is 13.4. The number of amides is 2. The summed E-state index contributed by atoms with van der Waals surface area (Å²) in [5.74, 6) is -0.620. The molecule has 0 saturated carbocycles. The molecule has 1 N–H and O–H groups in total. The van der Waals surface area contributed by atoms with E-state index in [-0.39, 0.29) is 24.5 Å². The average Bonchev–Trinajstić information content (AvgIpc) is 2.85. The number of carbonyl (C=O) groups excluding carboxylic acids is 2. The van der Waals surface area contributed by atoms with Crippen LogP contribution in [0.5, 0.6) is 0 Å². The standard InChI is InChI=1S/C23H26N2O3/c1-15(2)28-11-10-25-22(26)20(18-8-6-5-7-9-18)21(23(25)27)24-19-13-16(3)12-17(4)14-19/h5-9,12-15,24H,10-11H2,1-4H3. The Labute approximate surface area is 166 Å². The van der Waals surface area contributed by atoms with Gasteiger partial charge in [0, 0.05) is 5.69 Å². The third kappa shape index (κ3) is 4.31. The SMILES string of the molecule is Cc1cc(C)cc(NC2=C(c3ccccc3)C(=O)N(CCOC(C)C)C2=O)c1. The first kappa shape index (κ1) is 19.8. The molecular weight excluding hydrogens is 352 g/mol. The highest BCUT2D eigenvalue weighted by Crippen LogP contribution is 2.30. The topological polar surface area (TPSA) is 58.6 Å². The third-order valence-electron chi connectivity index (χ3n) is 4.49. The van der Waals surface area contributed by atoms with Gasteiger partial charge in [-0.3, -0.25) is 14.5 Å². The molecule has 0 spiro atoms. The van der Waals surface area contributed by atoms with Crippen molar-refractivity contribution in [2.45, 2.75) is 33.8 Å². The maximum absolute atomic E-state index is 13.1. The molecule has 5 nitrogen and oxygen atoms in total. The lowest BCUT2D eigenvalue weighted by Crippen LogP contribution is -2.35. The largest absolute Gasteiger partial charge is 0.377 e. The van der Waals surface area contributed by atoms with Gasteiger partial charge in [-0.1, -0.05) is 36.4 Å². The van der Waals surface area contributed by atoms with Crippen molar-refractivity contribution in [3.63, 3.8) is 0 Å². The van der Waals surface area contributed by atoms with E-state index in [4.69, 9.17) is 4.74 Å². The number of nitrogens with one attached hydrogen (secondary N) is 1. The maximum atomic E-state index is 13.1. The second kappa shape index (κ2) is 8.40. The van der Waals surface area contributed by atoms with Crippen LogP contribution in [-0.4, -0.2) is 36.0 Å². The number of aryl methyl sites for hydroxylation is 2. The molecule has 0 fully saturated rings. The van der Waals surface area contributed by atoms with E-state index >= 15 is 0 Å². The predicted molar refractivity (Wildman–Crippen MR) is 111 cm³/mol. The molecule has 0 atom stereocenters. The van der Waals surface area contributed by atoms with Crippen LogP contribution in [0.3, 0.4) is 0 Å². The fourth-order valence-corrected chi connectivity index (χ4v) is 3.34. The Bertz CT molecular complexity index is 896. The molecule has 0 aliphatic carbocycles. The van der Waals surface area contributed by atoms with Crippen LogP contribution in [0.15, 0.2) is 54.2 Å². The summed E-state index contributed by atoms with van der Waals surface area (Å²) in [4.78, 5) is 27.4. The van der Waals surface area contributed by atoms with Crippen molar-refractivity contribution in [2.24, 2.45) is 0 Å². The van der Waals surface area contributed by atoms with Gasteiger partial charge >= 0.3 is 0 Å². The predicted octanol–water partition coefficient (Wildman–Crippen LogP) is 3.92. The van der Waals surface area contributed by atoms with Gasteiger partial charge in [0.05, 0.1) is 24.8 Å². The minimum atomic E-state index is -0.324. The van der Waals surface area contributed by atoms with Gasteiger partial charge in [0.25, 0.3) is 11.8 Å². The van der Waals surface area contributed by atoms with Crippen molar-refractivity contribution in [3.05, 3.63) is 70.9 Å². The maximum Gasteiger partial charge on any atom is 0.278 e. The smallest absolute Gasteiger partial charge is 0.278 e. The van der Waals surface area contributed by atoms with Gasteiger partial charge in [-0.25, -0.2) is 0 Å². The van der Waals surface area contributed by atoms with Gasteiger partial charge in [-0.15, -0.1) is 0 Å². The average molecular weight is 378 g/mol.